The maximum absolute atomic E-state index is 5.70. The van der Waals surface area contributed by atoms with E-state index in [2.05, 4.69) is 63.6 Å². The molecule has 6 heteroatoms. The van der Waals surface area contributed by atoms with Gasteiger partial charge in [-0.25, -0.2) is 14.6 Å². The van der Waals surface area contributed by atoms with Crippen molar-refractivity contribution < 1.29 is 4.74 Å². The van der Waals surface area contributed by atoms with Crippen LogP contribution in [-0.4, -0.2) is 32.5 Å². The van der Waals surface area contributed by atoms with Crippen molar-refractivity contribution in [2.45, 2.75) is 67.0 Å². The minimum atomic E-state index is 0.215. The molecule has 1 aromatic carbocycles. The van der Waals surface area contributed by atoms with E-state index in [9.17, 15) is 0 Å². The Hall–Kier alpha value is -2.05. The summed E-state index contributed by atoms with van der Waals surface area (Å²) in [5.74, 6) is 2.21. The topological polar surface area (TPSA) is 52.8 Å². The van der Waals surface area contributed by atoms with Crippen molar-refractivity contribution in [1.29, 1.82) is 0 Å². The van der Waals surface area contributed by atoms with E-state index in [0.29, 0.717) is 18.9 Å². The Balaban J connectivity index is 1.97. The fraction of sp³-hybridized carbons (Fsp3) is 0.522. The van der Waals surface area contributed by atoms with Crippen LogP contribution in [0, 0.1) is 19.8 Å². The lowest BCUT2D eigenvalue weighted by molar-refractivity contribution is 0.0803. The summed E-state index contributed by atoms with van der Waals surface area (Å²) < 4.78 is 7.78. The van der Waals surface area contributed by atoms with Crippen LogP contribution in [0.15, 0.2) is 24.3 Å². The van der Waals surface area contributed by atoms with Crippen LogP contribution in [0.4, 0.5) is 0 Å². The van der Waals surface area contributed by atoms with Crippen molar-refractivity contribution >= 4 is 11.3 Å². The zero-order valence-electron chi connectivity index (χ0n) is 18.6. The van der Waals surface area contributed by atoms with E-state index in [1.807, 2.05) is 13.8 Å². The normalized spacial score (nSPS) is 12.9. The molecule has 0 saturated carbocycles. The van der Waals surface area contributed by atoms with E-state index >= 15 is 0 Å². The zero-order chi connectivity index (χ0) is 21.1. The standard InChI is InChI=1S/C23H32N4OS/c1-14(2)18(7)27-22(25-20(26-27)12-13-28-15(3)4)21-17(6)24-23(29-21)19-10-8-16(5)9-11-19/h8-11,14-15,18H,12-13H2,1-7H3. The van der Waals surface area contributed by atoms with Gasteiger partial charge in [0, 0.05) is 12.0 Å². The third kappa shape index (κ3) is 5.11. The van der Waals surface area contributed by atoms with E-state index < -0.39 is 0 Å². The van der Waals surface area contributed by atoms with E-state index in [-0.39, 0.29) is 12.1 Å². The summed E-state index contributed by atoms with van der Waals surface area (Å²) in [5.41, 5.74) is 3.39. The quantitative estimate of drug-likeness (QED) is 0.464. The van der Waals surface area contributed by atoms with Gasteiger partial charge in [0.1, 0.15) is 5.01 Å². The third-order valence-corrected chi connectivity index (χ3v) is 6.30. The molecular weight excluding hydrogens is 380 g/mol. The lowest BCUT2D eigenvalue weighted by Crippen LogP contribution is -2.14. The fourth-order valence-corrected chi connectivity index (χ4v) is 4.06. The Morgan fingerprint density at radius 1 is 1.00 bits per heavy atom. The molecule has 29 heavy (non-hydrogen) atoms. The van der Waals surface area contributed by atoms with Crippen LogP contribution in [0.5, 0.6) is 0 Å². The molecule has 3 aromatic rings. The Morgan fingerprint density at radius 2 is 1.69 bits per heavy atom. The van der Waals surface area contributed by atoms with Crippen molar-refractivity contribution in [1.82, 2.24) is 19.7 Å². The Kier molecular flexibility index (Phi) is 6.85. The predicted octanol–water partition coefficient (Wildman–Crippen LogP) is 5.87. The summed E-state index contributed by atoms with van der Waals surface area (Å²) in [6, 6.07) is 8.77. The first-order chi connectivity index (χ1) is 13.8. The second kappa shape index (κ2) is 9.18. The molecule has 0 radical (unpaired) electrons. The van der Waals surface area contributed by atoms with Gasteiger partial charge >= 0.3 is 0 Å². The second-order valence-electron chi connectivity index (χ2n) is 8.25. The van der Waals surface area contributed by atoms with Gasteiger partial charge in [-0.1, -0.05) is 43.7 Å². The van der Waals surface area contributed by atoms with E-state index in [1.165, 1.54) is 5.56 Å². The first kappa shape index (κ1) is 21.7. The molecule has 156 valence electrons. The first-order valence-electron chi connectivity index (χ1n) is 10.4. The van der Waals surface area contributed by atoms with E-state index in [4.69, 9.17) is 19.8 Å². The first-order valence-corrected chi connectivity index (χ1v) is 11.2. The van der Waals surface area contributed by atoms with Crippen LogP contribution in [0.2, 0.25) is 0 Å². The number of nitrogens with zero attached hydrogens (tertiary/aromatic N) is 4. The molecule has 0 N–H and O–H groups in total. The van der Waals surface area contributed by atoms with Crippen LogP contribution in [0.25, 0.3) is 21.3 Å². The monoisotopic (exact) mass is 412 g/mol. The molecule has 0 saturated heterocycles. The highest BCUT2D eigenvalue weighted by Crippen LogP contribution is 2.36. The molecular formula is C23H32N4OS. The molecule has 0 aliphatic rings. The van der Waals surface area contributed by atoms with Crippen molar-refractivity contribution in [2.24, 2.45) is 5.92 Å². The predicted molar refractivity (Wildman–Crippen MR) is 120 cm³/mol. The lowest BCUT2D eigenvalue weighted by Gasteiger charge is -2.17. The summed E-state index contributed by atoms with van der Waals surface area (Å²) in [6.45, 7) is 15.5. The largest absolute Gasteiger partial charge is 0.378 e. The highest BCUT2D eigenvalue weighted by molar-refractivity contribution is 7.18. The van der Waals surface area contributed by atoms with E-state index in [0.717, 1.165) is 32.8 Å². The minimum absolute atomic E-state index is 0.215. The average Bonchev–Trinajstić information content (AvgIpc) is 3.24. The van der Waals surface area contributed by atoms with Crippen molar-refractivity contribution in [3.63, 3.8) is 0 Å². The van der Waals surface area contributed by atoms with Gasteiger partial charge in [0.05, 0.1) is 29.3 Å². The van der Waals surface area contributed by atoms with Gasteiger partial charge < -0.3 is 4.74 Å². The summed E-state index contributed by atoms with van der Waals surface area (Å²) in [5, 5.41) is 5.87. The lowest BCUT2D eigenvalue weighted by atomic mass is 10.1. The van der Waals surface area contributed by atoms with Crippen molar-refractivity contribution in [3.05, 3.63) is 41.3 Å². The molecule has 0 aliphatic carbocycles. The SMILES string of the molecule is Cc1ccc(-c2nc(C)c(-c3nc(CCOC(C)C)nn3C(C)C(C)C)s2)cc1. The molecule has 0 amide bonds. The molecule has 0 bridgehead atoms. The molecule has 2 aromatic heterocycles. The van der Waals surface area contributed by atoms with Gasteiger partial charge in [0.2, 0.25) is 0 Å². The number of rotatable bonds is 8. The maximum Gasteiger partial charge on any atom is 0.170 e. The number of benzene rings is 1. The van der Waals surface area contributed by atoms with Crippen molar-refractivity contribution in [3.8, 4) is 21.3 Å². The highest BCUT2D eigenvalue weighted by atomic mass is 32.1. The van der Waals surface area contributed by atoms with Gasteiger partial charge in [-0.3, -0.25) is 0 Å². The van der Waals surface area contributed by atoms with Crippen LogP contribution >= 0.6 is 11.3 Å². The highest BCUT2D eigenvalue weighted by Gasteiger charge is 2.23. The average molecular weight is 413 g/mol. The number of hydrogen-bond acceptors (Lipinski definition) is 5. The summed E-state index contributed by atoms with van der Waals surface area (Å²) in [6.07, 6.45) is 0.929. The zero-order valence-corrected chi connectivity index (χ0v) is 19.4. The summed E-state index contributed by atoms with van der Waals surface area (Å²) in [7, 11) is 0. The van der Waals surface area contributed by atoms with Crippen LogP contribution in [0.1, 0.15) is 57.7 Å². The molecule has 3 rings (SSSR count). The third-order valence-electron chi connectivity index (χ3n) is 5.10. The number of hydrogen-bond donors (Lipinski definition) is 0. The minimum Gasteiger partial charge on any atom is -0.378 e. The number of aryl methyl sites for hydroxylation is 2. The van der Waals surface area contributed by atoms with Gasteiger partial charge in [0.15, 0.2) is 11.6 Å². The fourth-order valence-electron chi connectivity index (χ4n) is 3.00. The molecule has 0 spiro atoms. The van der Waals surface area contributed by atoms with Gasteiger partial charge in [-0.05, 0) is 40.5 Å². The van der Waals surface area contributed by atoms with Gasteiger partial charge in [-0.15, -0.1) is 11.3 Å². The molecule has 1 atom stereocenters. The number of thiazole rings is 1. The van der Waals surface area contributed by atoms with Gasteiger partial charge in [-0.2, -0.15) is 5.10 Å². The molecule has 2 heterocycles. The van der Waals surface area contributed by atoms with Gasteiger partial charge in [0.25, 0.3) is 0 Å². The summed E-state index contributed by atoms with van der Waals surface area (Å²) >= 11 is 1.69. The maximum atomic E-state index is 5.70. The van der Waals surface area contributed by atoms with Crippen LogP contribution in [-0.2, 0) is 11.2 Å². The molecule has 0 aliphatic heterocycles. The van der Waals surface area contributed by atoms with E-state index in [1.54, 1.807) is 11.3 Å². The Labute approximate surface area is 178 Å². The van der Waals surface area contributed by atoms with Crippen molar-refractivity contribution in [2.75, 3.05) is 6.61 Å². The van der Waals surface area contributed by atoms with Crippen LogP contribution < -0.4 is 0 Å². The number of aromatic nitrogens is 4. The molecule has 0 fully saturated rings. The van der Waals surface area contributed by atoms with Crippen LogP contribution in [0.3, 0.4) is 0 Å². The number of ether oxygens (including phenoxy) is 1. The second-order valence-corrected chi connectivity index (χ2v) is 9.25. The Bertz CT molecular complexity index is 940. The molecule has 1 unspecified atom stereocenters. The molecule has 5 nitrogen and oxygen atoms in total. The summed E-state index contributed by atoms with van der Waals surface area (Å²) in [4.78, 5) is 10.8. The Morgan fingerprint density at radius 3 is 2.31 bits per heavy atom. The smallest absolute Gasteiger partial charge is 0.170 e.